The first-order valence-electron chi connectivity index (χ1n) is 6.91. The van der Waals surface area contributed by atoms with Gasteiger partial charge in [0.2, 0.25) is 5.91 Å². The van der Waals surface area contributed by atoms with Gasteiger partial charge in [-0.15, -0.1) is 0 Å². The molecule has 0 aliphatic carbocycles. The lowest BCUT2D eigenvalue weighted by molar-refractivity contribution is -0.121. The van der Waals surface area contributed by atoms with Gasteiger partial charge in [-0.05, 0) is 37.1 Å². The zero-order valence-corrected chi connectivity index (χ0v) is 11.4. The highest BCUT2D eigenvalue weighted by molar-refractivity contribution is 5.79. The molecule has 0 bridgehead atoms. The lowest BCUT2D eigenvalue weighted by Crippen LogP contribution is -2.41. The standard InChI is InChI=1S/C15H22N2O2/c1-19-14-7-4-5-12(9-14)10-15(18)17-13-6-2-3-8-16-11-13/h4-5,7,9,13,16H,2-3,6,8,10-11H2,1H3,(H,17,18). The van der Waals surface area contributed by atoms with Crippen LogP contribution in [0.3, 0.4) is 0 Å². The summed E-state index contributed by atoms with van der Waals surface area (Å²) in [7, 11) is 1.64. The Morgan fingerprint density at radius 2 is 2.37 bits per heavy atom. The summed E-state index contributed by atoms with van der Waals surface area (Å²) in [6, 6.07) is 7.92. The Balaban J connectivity index is 1.85. The SMILES string of the molecule is COc1cccc(CC(=O)NC2CCCCNC2)c1. The zero-order chi connectivity index (χ0) is 13.5. The van der Waals surface area contributed by atoms with Gasteiger partial charge in [-0.25, -0.2) is 0 Å². The van der Waals surface area contributed by atoms with E-state index in [1.807, 2.05) is 24.3 Å². The number of rotatable bonds is 4. The van der Waals surface area contributed by atoms with Crippen molar-refractivity contribution >= 4 is 5.91 Å². The minimum absolute atomic E-state index is 0.0851. The number of hydrogen-bond acceptors (Lipinski definition) is 3. The minimum atomic E-state index is 0.0851. The molecule has 0 saturated carbocycles. The molecule has 2 N–H and O–H groups in total. The van der Waals surface area contributed by atoms with Crippen molar-refractivity contribution < 1.29 is 9.53 Å². The maximum Gasteiger partial charge on any atom is 0.224 e. The largest absolute Gasteiger partial charge is 0.497 e. The molecule has 1 aliphatic heterocycles. The van der Waals surface area contributed by atoms with Gasteiger partial charge in [0.15, 0.2) is 0 Å². The fourth-order valence-corrected chi connectivity index (χ4v) is 2.39. The van der Waals surface area contributed by atoms with E-state index in [4.69, 9.17) is 4.74 Å². The number of amides is 1. The number of carbonyl (C=O) groups is 1. The number of benzene rings is 1. The third-order valence-electron chi connectivity index (χ3n) is 3.41. The van der Waals surface area contributed by atoms with Gasteiger partial charge in [-0.2, -0.15) is 0 Å². The van der Waals surface area contributed by atoms with Crippen molar-refractivity contribution in [3.8, 4) is 5.75 Å². The predicted octanol–water partition coefficient (Wildman–Crippen LogP) is 1.50. The first kappa shape index (κ1) is 13.9. The van der Waals surface area contributed by atoms with Gasteiger partial charge in [0.25, 0.3) is 0 Å². The fraction of sp³-hybridized carbons (Fsp3) is 0.533. The Kier molecular flexibility index (Phi) is 5.21. The van der Waals surface area contributed by atoms with E-state index in [0.717, 1.165) is 30.8 Å². The summed E-state index contributed by atoms with van der Waals surface area (Å²) in [5, 5.41) is 6.45. The van der Waals surface area contributed by atoms with E-state index in [1.165, 1.54) is 12.8 Å². The van der Waals surface area contributed by atoms with Crippen molar-refractivity contribution in [2.24, 2.45) is 0 Å². The highest BCUT2D eigenvalue weighted by atomic mass is 16.5. The summed E-state index contributed by atoms with van der Waals surface area (Å²) in [6.07, 6.45) is 3.85. The molecule has 0 radical (unpaired) electrons. The van der Waals surface area contributed by atoms with Crippen LogP contribution < -0.4 is 15.4 Å². The fourth-order valence-electron chi connectivity index (χ4n) is 2.39. The van der Waals surface area contributed by atoms with Crippen molar-refractivity contribution in [2.45, 2.75) is 31.7 Å². The van der Waals surface area contributed by atoms with Crippen LogP contribution in [0, 0.1) is 0 Å². The molecule has 4 nitrogen and oxygen atoms in total. The zero-order valence-electron chi connectivity index (χ0n) is 11.4. The first-order chi connectivity index (χ1) is 9.28. The topological polar surface area (TPSA) is 50.4 Å². The third kappa shape index (κ3) is 4.56. The molecule has 0 aromatic heterocycles. The molecule has 1 amide bonds. The maximum atomic E-state index is 12.0. The molecule has 1 heterocycles. The molecule has 1 unspecified atom stereocenters. The lowest BCUT2D eigenvalue weighted by Gasteiger charge is -2.16. The quantitative estimate of drug-likeness (QED) is 0.864. The summed E-state index contributed by atoms with van der Waals surface area (Å²) < 4.78 is 5.16. The molecule has 2 rings (SSSR count). The summed E-state index contributed by atoms with van der Waals surface area (Å²) in [6.45, 7) is 1.94. The average molecular weight is 262 g/mol. The van der Waals surface area contributed by atoms with Gasteiger partial charge in [-0.3, -0.25) is 4.79 Å². The second kappa shape index (κ2) is 7.14. The van der Waals surface area contributed by atoms with Crippen molar-refractivity contribution in [1.82, 2.24) is 10.6 Å². The maximum absolute atomic E-state index is 12.0. The number of methoxy groups -OCH3 is 1. The average Bonchev–Trinajstić information content (AvgIpc) is 2.67. The monoisotopic (exact) mass is 262 g/mol. The van der Waals surface area contributed by atoms with Crippen molar-refractivity contribution in [2.75, 3.05) is 20.2 Å². The van der Waals surface area contributed by atoms with Crippen LogP contribution in [0.1, 0.15) is 24.8 Å². The van der Waals surface area contributed by atoms with Crippen molar-refractivity contribution in [1.29, 1.82) is 0 Å². The predicted molar refractivity (Wildman–Crippen MR) is 75.3 cm³/mol. The second-order valence-corrected chi connectivity index (χ2v) is 4.99. The highest BCUT2D eigenvalue weighted by Gasteiger charge is 2.14. The van der Waals surface area contributed by atoms with Gasteiger partial charge < -0.3 is 15.4 Å². The van der Waals surface area contributed by atoms with Gasteiger partial charge in [0.05, 0.1) is 13.5 Å². The molecule has 1 aromatic rings. The van der Waals surface area contributed by atoms with E-state index in [-0.39, 0.29) is 11.9 Å². The molecule has 1 saturated heterocycles. The number of hydrogen-bond donors (Lipinski definition) is 2. The number of ether oxygens (including phenoxy) is 1. The van der Waals surface area contributed by atoms with Gasteiger partial charge in [-0.1, -0.05) is 18.6 Å². The summed E-state index contributed by atoms with van der Waals surface area (Å²) in [5.74, 6) is 0.878. The molecule has 4 heteroatoms. The summed E-state index contributed by atoms with van der Waals surface area (Å²) >= 11 is 0. The molecular weight excluding hydrogens is 240 g/mol. The second-order valence-electron chi connectivity index (χ2n) is 4.99. The Hall–Kier alpha value is -1.55. The smallest absolute Gasteiger partial charge is 0.224 e. The van der Waals surface area contributed by atoms with Crippen LogP contribution in [-0.4, -0.2) is 32.1 Å². The normalized spacial score (nSPS) is 19.5. The van der Waals surface area contributed by atoms with Gasteiger partial charge in [0, 0.05) is 12.6 Å². The van der Waals surface area contributed by atoms with Crippen LogP contribution in [0.25, 0.3) is 0 Å². The Bertz CT molecular complexity index is 412. The molecular formula is C15H22N2O2. The first-order valence-corrected chi connectivity index (χ1v) is 6.91. The van der Waals surface area contributed by atoms with Gasteiger partial charge in [0.1, 0.15) is 5.75 Å². The van der Waals surface area contributed by atoms with E-state index < -0.39 is 0 Å². The summed E-state index contributed by atoms with van der Waals surface area (Å²) in [4.78, 5) is 12.0. The molecule has 1 aromatic carbocycles. The van der Waals surface area contributed by atoms with Crippen LogP contribution in [0.2, 0.25) is 0 Å². The molecule has 1 fully saturated rings. The molecule has 0 spiro atoms. The van der Waals surface area contributed by atoms with Crippen LogP contribution >= 0.6 is 0 Å². The van der Waals surface area contributed by atoms with Crippen LogP contribution in [0.5, 0.6) is 5.75 Å². The lowest BCUT2D eigenvalue weighted by atomic mass is 10.1. The third-order valence-corrected chi connectivity index (χ3v) is 3.41. The Morgan fingerprint density at radius 1 is 1.47 bits per heavy atom. The van der Waals surface area contributed by atoms with E-state index >= 15 is 0 Å². The van der Waals surface area contributed by atoms with Crippen LogP contribution in [0.4, 0.5) is 0 Å². The number of carbonyl (C=O) groups excluding carboxylic acids is 1. The van der Waals surface area contributed by atoms with E-state index in [2.05, 4.69) is 10.6 Å². The van der Waals surface area contributed by atoms with Crippen molar-refractivity contribution in [3.05, 3.63) is 29.8 Å². The van der Waals surface area contributed by atoms with Gasteiger partial charge >= 0.3 is 0 Å². The van der Waals surface area contributed by atoms with Crippen LogP contribution in [-0.2, 0) is 11.2 Å². The molecule has 1 aliphatic rings. The molecule has 1 atom stereocenters. The van der Waals surface area contributed by atoms with E-state index in [1.54, 1.807) is 7.11 Å². The Morgan fingerprint density at radius 3 is 3.21 bits per heavy atom. The van der Waals surface area contributed by atoms with E-state index in [9.17, 15) is 4.79 Å². The summed E-state index contributed by atoms with van der Waals surface area (Å²) in [5.41, 5.74) is 0.985. The van der Waals surface area contributed by atoms with E-state index in [0.29, 0.717) is 6.42 Å². The van der Waals surface area contributed by atoms with Crippen molar-refractivity contribution in [3.63, 3.8) is 0 Å². The molecule has 104 valence electrons. The Labute approximate surface area is 114 Å². The highest BCUT2D eigenvalue weighted by Crippen LogP contribution is 2.13. The molecule has 19 heavy (non-hydrogen) atoms. The number of nitrogens with one attached hydrogen (secondary N) is 2. The van der Waals surface area contributed by atoms with Crippen LogP contribution in [0.15, 0.2) is 24.3 Å². The minimum Gasteiger partial charge on any atom is -0.497 e.